The van der Waals surface area contributed by atoms with Crippen LogP contribution in [0.1, 0.15) is 26.1 Å². The smallest absolute Gasteiger partial charge is 0.228 e. The summed E-state index contributed by atoms with van der Waals surface area (Å²) in [6.07, 6.45) is 0.289. The average Bonchev–Trinajstić information content (AvgIpc) is 3.08. The van der Waals surface area contributed by atoms with Crippen molar-refractivity contribution in [1.82, 2.24) is 19.8 Å². The molecule has 1 aliphatic rings. The molecule has 3 rings (SSSR count). The number of aromatic amines is 1. The van der Waals surface area contributed by atoms with Crippen LogP contribution < -0.4 is 0 Å². The molecule has 2 amide bonds. The Bertz CT molecular complexity index is 786. The molecule has 7 heteroatoms. The Labute approximate surface area is 145 Å². The van der Waals surface area contributed by atoms with Gasteiger partial charge in [-0.25, -0.2) is 4.98 Å². The molecule has 2 heterocycles. The van der Waals surface area contributed by atoms with E-state index >= 15 is 0 Å². The summed E-state index contributed by atoms with van der Waals surface area (Å²) < 4.78 is 0. The van der Waals surface area contributed by atoms with E-state index in [2.05, 4.69) is 9.97 Å². The number of aromatic nitrogens is 2. The fraction of sp³-hybridized carbons (Fsp3) is 0.471. The molecule has 1 unspecified atom stereocenters. The molecule has 6 nitrogen and oxygen atoms in total. The highest BCUT2D eigenvalue weighted by atomic mass is 35.5. The largest absolute Gasteiger partial charge is 0.340 e. The minimum Gasteiger partial charge on any atom is -0.340 e. The normalized spacial score (nSPS) is 18.0. The lowest BCUT2D eigenvalue weighted by Crippen LogP contribution is -2.36. The number of rotatable bonds is 4. The molecule has 0 spiro atoms. The highest BCUT2D eigenvalue weighted by Crippen LogP contribution is 2.23. The number of hydrogen-bond donors (Lipinski definition) is 1. The zero-order valence-electron chi connectivity index (χ0n) is 14.0. The van der Waals surface area contributed by atoms with Crippen molar-refractivity contribution in [3.05, 3.63) is 29.0 Å². The van der Waals surface area contributed by atoms with Crippen LogP contribution in [0.25, 0.3) is 11.0 Å². The van der Waals surface area contributed by atoms with Crippen LogP contribution in [0.3, 0.4) is 0 Å². The Balaban J connectivity index is 1.68. The number of likely N-dealkylation sites (tertiary alicyclic amines) is 1. The van der Waals surface area contributed by atoms with Crippen LogP contribution in [0.5, 0.6) is 0 Å². The molecule has 2 aromatic rings. The summed E-state index contributed by atoms with van der Waals surface area (Å²) in [4.78, 5) is 35.6. The van der Waals surface area contributed by atoms with E-state index in [1.54, 1.807) is 22.9 Å². The molecule has 1 aromatic heterocycles. The fourth-order valence-corrected chi connectivity index (χ4v) is 3.29. The average molecular weight is 349 g/mol. The van der Waals surface area contributed by atoms with Crippen molar-refractivity contribution in [2.45, 2.75) is 32.9 Å². The number of amides is 2. The first-order valence-corrected chi connectivity index (χ1v) is 8.41. The fourth-order valence-electron chi connectivity index (χ4n) is 3.12. The van der Waals surface area contributed by atoms with Crippen LogP contribution in [0.15, 0.2) is 18.2 Å². The second-order valence-corrected chi connectivity index (χ2v) is 7.02. The van der Waals surface area contributed by atoms with E-state index in [-0.39, 0.29) is 30.2 Å². The summed E-state index contributed by atoms with van der Waals surface area (Å²) in [5.41, 5.74) is 1.66. The summed E-state index contributed by atoms with van der Waals surface area (Å²) in [6.45, 7) is 4.80. The molecular formula is C17H21ClN4O2. The maximum Gasteiger partial charge on any atom is 0.228 e. The van der Waals surface area contributed by atoms with Crippen LogP contribution in [0.4, 0.5) is 0 Å². The van der Waals surface area contributed by atoms with Gasteiger partial charge >= 0.3 is 0 Å². The van der Waals surface area contributed by atoms with Crippen molar-refractivity contribution in [3.63, 3.8) is 0 Å². The highest BCUT2D eigenvalue weighted by molar-refractivity contribution is 6.31. The predicted molar refractivity (Wildman–Crippen MR) is 92.5 cm³/mol. The highest BCUT2D eigenvalue weighted by Gasteiger charge is 2.36. The van der Waals surface area contributed by atoms with Crippen molar-refractivity contribution >= 4 is 34.4 Å². The third-order valence-corrected chi connectivity index (χ3v) is 4.62. The van der Waals surface area contributed by atoms with Crippen LogP contribution >= 0.6 is 11.6 Å². The zero-order chi connectivity index (χ0) is 17.4. The van der Waals surface area contributed by atoms with Gasteiger partial charge in [0.2, 0.25) is 11.8 Å². The van der Waals surface area contributed by atoms with Gasteiger partial charge in [-0.3, -0.25) is 9.59 Å². The first-order chi connectivity index (χ1) is 11.3. The van der Waals surface area contributed by atoms with E-state index in [1.165, 1.54) is 0 Å². The molecular weight excluding hydrogens is 328 g/mol. The zero-order valence-corrected chi connectivity index (χ0v) is 14.8. The standard InChI is InChI=1S/C17H21ClN4O2/c1-10(2)22-8-11(6-16(22)23)17(24)21(3)9-15-19-13-5-4-12(18)7-14(13)20-15/h4-5,7,10-11H,6,8-9H2,1-3H3,(H,19,20). The first kappa shape index (κ1) is 16.8. The summed E-state index contributed by atoms with van der Waals surface area (Å²) in [5, 5.41) is 0.639. The third kappa shape index (κ3) is 3.24. The molecule has 0 aliphatic carbocycles. The van der Waals surface area contributed by atoms with Gasteiger partial charge in [0, 0.05) is 31.1 Å². The number of benzene rings is 1. The lowest BCUT2D eigenvalue weighted by atomic mass is 10.1. The Morgan fingerprint density at radius 3 is 2.92 bits per heavy atom. The maximum atomic E-state index is 12.6. The molecule has 1 atom stereocenters. The minimum absolute atomic E-state index is 0.0232. The van der Waals surface area contributed by atoms with Crippen molar-refractivity contribution in [3.8, 4) is 0 Å². The Morgan fingerprint density at radius 2 is 2.25 bits per heavy atom. The van der Waals surface area contributed by atoms with E-state index < -0.39 is 0 Å². The lowest BCUT2D eigenvalue weighted by molar-refractivity contribution is -0.135. The van der Waals surface area contributed by atoms with Crippen LogP contribution in [-0.4, -0.2) is 51.2 Å². The summed E-state index contributed by atoms with van der Waals surface area (Å²) in [7, 11) is 1.74. The molecule has 1 aliphatic heterocycles. The van der Waals surface area contributed by atoms with Crippen molar-refractivity contribution in [2.75, 3.05) is 13.6 Å². The van der Waals surface area contributed by atoms with E-state index in [9.17, 15) is 9.59 Å². The van der Waals surface area contributed by atoms with Crippen molar-refractivity contribution in [2.24, 2.45) is 5.92 Å². The number of carbonyl (C=O) groups is 2. The number of carbonyl (C=O) groups excluding carboxylic acids is 2. The van der Waals surface area contributed by atoms with E-state index in [0.717, 1.165) is 11.0 Å². The van der Waals surface area contributed by atoms with E-state index in [0.29, 0.717) is 23.9 Å². The monoisotopic (exact) mass is 348 g/mol. The topological polar surface area (TPSA) is 69.3 Å². The van der Waals surface area contributed by atoms with E-state index in [1.807, 2.05) is 26.0 Å². The van der Waals surface area contributed by atoms with Gasteiger partial charge in [-0.15, -0.1) is 0 Å². The van der Waals surface area contributed by atoms with Crippen molar-refractivity contribution < 1.29 is 9.59 Å². The first-order valence-electron chi connectivity index (χ1n) is 8.03. The van der Waals surface area contributed by atoms with Crippen LogP contribution in [0.2, 0.25) is 5.02 Å². The SMILES string of the molecule is CC(C)N1CC(C(=O)N(C)Cc2nc3ccc(Cl)cc3[nH]2)CC1=O. The van der Waals surface area contributed by atoms with Gasteiger partial charge in [-0.2, -0.15) is 0 Å². The molecule has 1 aromatic carbocycles. The van der Waals surface area contributed by atoms with E-state index in [4.69, 9.17) is 11.6 Å². The third-order valence-electron chi connectivity index (χ3n) is 4.39. The van der Waals surface area contributed by atoms with Gasteiger partial charge in [0.05, 0.1) is 23.5 Å². The predicted octanol–water partition coefficient (Wildman–Crippen LogP) is 2.43. The number of hydrogen-bond acceptors (Lipinski definition) is 3. The number of halogens is 1. The second kappa shape index (κ2) is 6.43. The molecule has 0 bridgehead atoms. The molecule has 1 N–H and O–H groups in total. The Kier molecular flexibility index (Phi) is 4.49. The molecule has 1 fully saturated rings. The number of imidazole rings is 1. The Hall–Kier alpha value is -2.08. The van der Waals surface area contributed by atoms with Gasteiger partial charge in [0.1, 0.15) is 5.82 Å². The lowest BCUT2D eigenvalue weighted by Gasteiger charge is -2.22. The maximum absolute atomic E-state index is 12.6. The number of fused-ring (bicyclic) bond motifs is 1. The van der Waals surface area contributed by atoms with Gasteiger partial charge in [0.15, 0.2) is 0 Å². The van der Waals surface area contributed by atoms with Crippen molar-refractivity contribution in [1.29, 1.82) is 0 Å². The van der Waals surface area contributed by atoms with Gasteiger partial charge < -0.3 is 14.8 Å². The summed E-state index contributed by atoms with van der Waals surface area (Å²) in [6, 6.07) is 5.57. The summed E-state index contributed by atoms with van der Waals surface area (Å²) >= 11 is 5.97. The quantitative estimate of drug-likeness (QED) is 0.922. The second-order valence-electron chi connectivity index (χ2n) is 6.58. The number of nitrogens with zero attached hydrogens (tertiary/aromatic N) is 3. The molecule has 24 heavy (non-hydrogen) atoms. The van der Waals surface area contributed by atoms with Gasteiger partial charge in [0.25, 0.3) is 0 Å². The van der Waals surface area contributed by atoms with Crippen LogP contribution in [-0.2, 0) is 16.1 Å². The Morgan fingerprint density at radius 1 is 1.50 bits per heavy atom. The van der Waals surface area contributed by atoms with Gasteiger partial charge in [-0.1, -0.05) is 11.6 Å². The molecule has 0 saturated carbocycles. The minimum atomic E-state index is -0.274. The molecule has 0 radical (unpaired) electrons. The number of H-pyrrole nitrogens is 1. The summed E-state index contributed by atoms with van der Waals surface area (Å²) in [5.74, 6) is 0.456. The van der Waals surface area contributed by atoms with Crippen LogP contribution in [0, 0.1) is 5.92 Å². The molecule has 1 saturated heterocycles. The number of nitrogens with one attached hydrogen (secondary N) is 1. The molecule has 128 valence electrons. The van der Waals surface area contributed by atoms with Gasteiger partial charge in [-0.05, 0) is 32.0 Å².